The van der Waals surface area contributed by atoms with Crippen molar-refractivity contribution in [2.75, 3.05) is 6.54 Å². The number of hydrogen-bond donors (Lipinski definition) is 1. The molecule has 0 unspecified atom stereocenters. The Morgan fingerprint density at radius 2 is 2.20 bits per heavy atom. The summed E-state index contributed by atoms with van der Waals surface area (Å²) in [5.74, 6) is 0.206. The molecule has 2 heterocycles. The fraction of sp³-hybridized carbons (Fsp3) is 0.357. The molecule has 1 N–H and O–H groups in total. The van der Waals surface area contributed by atoms with Crippen LogP contribution in [0.25, 0.3) is 11.5 Å². The van der Waals surface area contributed by atoms with Gasteiger partial charge in [-0.3, -0.25) is 9.69 Å². The third kappa shape index (κ3) is 2.55. The van der Waals surface area contributed by atoms with Gasteiger partial charge in [0.1, 0.15) is 6.04 Å². The van der Waals surface area contributed by atoms with Gasteiger partial charge in [-0.1, -0.05) is 23.4 Å². The van der Waals surface area contributed by atoms with Gasteiger partial charge in [-0.05, 0) is 31.5 Å². The van der Waals surface area contributed by atoms with Gasteiger partial charge in [0.2, 0.25) is 0 Å². The van der Waals surface area contributed by atoms with Gasteiger partial charge >= 0.3 is 5.97 Å². The molecule has 20 heavy (non-hydrogen) atoms. The first kappa shape index (κ1) is 12.8. The molecule has 104 valence electrons. The Kier molecular flexibility index (Phi) is 3.47. The highest BCUT2D eigenvalue weighted by Crippen LogP contribution is 2.21. The minimum Gasteiger partial charge on any atom is -0.480 e. The highest BCUT2D eigenvalue weighted by molar-refractivity contribution is 5.73. The standard InChI is InChI=1S/C14H15N3O3/c18-14(19)11-7-4-8-17(11)9-12-15-13(20-16-12)10-5-2-1-3-6-10/h1-3,5-6,11H,4,7-9H2,(H,18,19)/t11-/m0/s1. The Labute approximate surface area is 116 Å². The summed E-state index contributed by atoms with van der Waals surface area (Å²) in [5.41, 5.74) is 0.863. The van der Waals surface area contributed by atoms with Crippen molar-refractivity contribution in [1.82, 2.24) is 15.0 Å². The van der Waals surface area contributed by atoms with Crippen LogP contribution in [0.5, 0.6) is 0 Å². The fourth-order valence-electron chi connectivity index (χ4n) is 2.49. The summed E-state index contributed by atoms with van der Waals surface area (Å²) < 4.78 is 5.22. The predicted molar refractivity (Wildman–Crippen MR) is 70.8 cm³/mol. The van der Waals surface area contributed by atoms with Gasteiger partial charge < -0.3 is 9.63 Å². The lowest BCUT2D eigenvalue weighted by molar-refractivity contribution is -0.142. The number of carboxylic acids is 1. The molecular formula is C14H15N3O3. The molecule has 0 amide bonds. The van der Waals surface area contributed by atoms with Crippen molar-refractivity contribution in [3.05, 3.63) is 36.2 Å². The second-order valence-electron chi connectivity index (χ2n) is 4.85. The summed E-state index contributed by atoms with van der Waals surface area (Å²) >= 11 is 0. The molecule has 6 nitrogen and oxygen atoms in total. The van der Waals surface area contributed by atoms with Crippen LogP contribution < -0.4 is 0 Å². The number of rotatable bonds is 4. The molecule has 0 spiro atoms. The van der Waals surface area contributed by atoms with Crippen LogP contribution in [0.3, 0.4) is 0 Å². The van der Waals surface area contributed by atoms with Crippen LogP contribution in [0.15, 0.2) is 34.9 Å². The molecule has 1 fully saturated rings. The van der Waals surface area contributed by atoms with Crippen LogP contribution in [0, 0.1) is 0 Å². The Morgan fingerprint density at radius 1 is 1.40 bits per heavy atom. The number of benzene rings is 1. The number of likely N-dealkylation sites (tertiary alicyclic amines) is 1. The maximum atomic E-state index is 11.1. The number of carboxylic acid groups (broad SMARTS) is 1. The van der Waals surface area contributed by atoms with Gasteiger partial charge in [0.25, 0.3) is 5.89 Å². The van der Waals surface area contributed by atoms with E-state index >= 15 is 0 Å². The lowest BCUT2D eigenvalue weighted by Crippen LogP contribution is -2.35. The summed E-state index contributed by atoms with van der Waals surface area (Å²) in [5, 5.41) is 13.1. The average Bonchev–Trinajstić information content (AvgIpc) is 3.09. The van der Waals surface area contributed by atoms with E-state index in [0.717, 1.165) is 18.5 Å². The first-order valence-electron chi connectivity index (χ1n) is 6.59. The lowest BCUT2D eigenvalue weighted by Gasteiger charge is -2.18. The molecule has 1 aromatic carbocycles. The quantitative estimate of drug-likeness (QED) is 0.914. The van der Waals surface area contributed by atoms with E-state index in [9.17, 15) is 4.79 Å². The van der Waals surface area contributed by atoms with E-state index in [4.69, 9.17) is 9.63 Å². The van der Waals surface area contributed by atoms with Gasteiger partial charge in [0, 0.05) is 5.56 Å². The Morgan fingerprint density at radius 3 is 2.95 bits per heavy atom. The average molecular weight is 273 g/mol. The minimum absolute atomic E-state index is 0.410. The van der Waals surface area contributed by atoms with Crippen molar-refractivity contribution in [3.63, 3.8) is 0 Å². The largest absolute Gasteiger partial charge is 0.480 e. The summed E-state index contributed by atoms with van der Waals surface area (Å²) in [4.78, 5) is 17.3. The van der Waals surface area contributed by atoms with E-state index < -0.39 is 12.0 Å². The molecular weight excluding hydrogens is 258 g/mol. The normalized spacial score (nSPS) is 19.3. The van der Waals surface area contributed by atoms with Gasteiger partial charge in [-0.2, -0.15) is 4.98 Å². The van der Waals surface area contributed by atoms with E-state index in [1.807, 2.05) is 35.2 Å². The minimum atomic E-state index is -0.783. The summed E-state index contributed by atoms with van der Waals surface area (Å²) in [7, 11) is 0. The highest BCUT2D eigenvalue weighted by atomic mass is 16.5. The van der Waals surface area contributed by atoms with Gasteiger partial charge in [0.05, 0.1) is 6.54 Å². The van der Waals surface area contributed by atoms with Crippen LogP contribution in [-0.4, -0.2) is 38.7 Å². The first-order valence-corrected chi connectivity index (χ1v) is 6.59. The summed E-state index contributed by atoms with van der Waals surface area (Å²) in [6.07, 6.45) is 1.57. The molecule has 1 atom stereocenters. The van der Waals surface area contributed by atoms with E-state index in [1.54, 1.807) is 0 Å². The molecule has 1 aromatic heterocycles. The monoisotopic (exact) mass is 273 g/mol. The first-order chi connectivity index (χ1) is 9.74. The number of aromatic nitrogens is 2. The zero-order chi connectivity index (χ0) is 13.9. The lowest BCUT2D eigenvalue weighted by atomic mass is 10.2. The molecule has 1 aliphatic rings. The molecule has 1 aliphatic heterocycles. The second kappa shape index (κ2) is 5.42. The third-order valence-corrected chi connectivity index (χ3v) is 3.48. The van der Waals surface area contributed by atoms with Gasteiger partial charge in [-0.25, -0.2) is 0 Å². The molecule has 3 rings (SSSR count). The number of aliphatic carboxylic acids is 1. The third-order valence-electron chi connectivity index (χ3n) is 3.48. The maximum Gasteiger partial charge on any atom is 0.320 e. The molecule has 0 saturated carbocycles. The highest BCUT2D eigenvalue weighted by Gasteiger charge is 2.31. The van der Waals surface area contributed by atoms with E-state index in [1.165, 1.54) is 0 Å². The van der Waals surface area contributed by atoms with Crippen molar-refractivity contribution in [2.45, 2.75) is 25.4 Å². The van der Waals surface area contributed by atoms with E-state index in [0.29, 0.717) is 24.7 Å². The Balaban J connectivity index is 1.73. The summed E-state index contributed by atoms with van der Waals surface area (Å²) in [6, 6.07) is 9.08. The second-order valence-corrected chi connectivity index (χ2v) is 4.85. The van der Waals surface area contributed by atoms with E-state index in [-0.39, 0.29) is 0 Å². The molecule has 6 heteroatoms. The maximum absolute atomic E-state index is 11.1. The van der Waals surface area contributed by atoms with Crippen LogP contribution in [0.2, 0.25) is 0 Å². The SMILES string of the molecule is O=C(O)[C@@H]1CCCN1Cc1noc(-c2ccccc2)n1. The topological polar surface area (TPSA) is 79.5 Å². The van der Waals surface area contributed by atoms with Gasteiger partial charge in [-0.15, -0.1) is 0 Å². The van der Waals surface area contributed by atoms with Crippen molar-refractivity contribution >= 4 is 5.97 Å². The molecule has 2 aromatic rings. The van der Waals surface area contributed by atoms with Crippen molar-refractivity contribution < 1.29 is 14.4 Å². The molecule has 0 radical (unpaired) electrons. The number of hydrogen-bond acceptors (Lipinski definition) is 5. The van der Waals surface area contributed by atoms with Crippen molar-refractivity contribution in [1.29, 1.82) is 0 Å². The Hall–Kier alpha value is -2.21. The van der Waals surface area contributed by atoms with Gasteiger partial charge in [0.15, 0.2) is 5.82 Å². The zero-order valence-corrected chi connectivity index (χ0v) is 10.9. The van der Waals surface area contributed by atoms with Crippen molar-refractivity contribution in [3.8, 4) is 11.5 Å². The van der Waals surface area contributed by atoms with Crippen LogP contribution in [-0.2, 0) is 11.3 Å². The number of carbonyl (C=O) groups is 1. The van der Waals surface area contributed by atoms with Crippen LogP contribution in [0.4, 0.5) is 0 Å². The molecule has 1 saturated heterocycles. The fourth-order valence-corrected chi connectivity index (χ4v) is 2.49. The Bertz CT molecular complexity index is 597. The smallest absolute Gasteiger partial charge is 0.320 e. The molecule has 0 bridgehead atoms. The van der Waals surface area contributed by atoms with E-state index in [2.05, 4.69) is 10.1 Å². The van der Waals surface area contributed by atoms with Crippen molar-refractivity contribution in [2.24, 2.45) is 0 Å². The summed E-state index contributed by atoms with van der Waals surface area (Å²) in [6.45, 7) is 1.17. The zero-order valence-electron chi connectivity index (χ0n) is 10.9. The van der Waals surface area contributed by atoms with Crippen LogP contribution in [0.1, 0.15) is 18.7 Å². The molecule has 0 aliphatic carbocycles. The van der Waals surface area contributed by atoms with Crippen LogP contribution >= 0.6 is 0 Å². The predicted octanol–water partition coefficient (Wildman–Crippen LogP) is 1.79. The number of nitrogens with zero attached hydrogens (tertiary/aromatic N) is 3.